The van der Waals surface area contributed by atoms with Crippen molar-refractivity contribution in [3.05, 3.63) is 60.2 Å². The van der Waals surface area contributed by atoms with E-state index in [0.29, 0.717) is 22.2 Å². The first-order valence-electron chi connectivity index (χ1n) is 9.82. The van der Waals surface area contributed by atoms with Gasteiger partial charge in [0.1, 0.15) is 5.83 Å². The van der Waals surface area contributed by atoms with Gasteiger partial charge >= 0.3 is 5.97 Å². The van der Waals surface area contributed by atoms with Gasteiger partial charge < -0.3 is 15.4 Å². The fraction of sp³-hybridized carbons (Fsp3) is 0.273. The second kappa shape index (κ2) is 8.81. The highest BCUT2D eigenvalue weighted by Crippen LogP contribution is 2.31. The molecule has 32 heavy (non-hydrogen) atoms. The number of hydrogen-bond donors (Lipinski definition) is 3. The number of nitrogens with zero attached hydrogens (tertiary/aromatic N) is 2. The third-order valence-corrected chi connectivity index (χ3v) is 6.28. The van der Waals surface area contributed by atoms with Crippen LogP contribution in [0.1, 0.15) is 31.1 Å². The van der Waals surface area contributed by atoms with Crippen molar-refractivity contribution in [2.24, 2.45) is 5.73 Å². The van der Waals surface area contributed by atoms with Gasteiger partial charge in [-0.1, -0.05) is 12.1 Å². The second-order valence-corrected chi connectivity index (χ2v) is 10.0. The van der Waals surface area contributed by atoms with Gasteiger partial charge in [-0.05, 0) is 56.7 Å². The summed E-state index contributed by atoms with van der Waals surface area (Å²) in [6.07, 6.45) is 2.63. The van der Waals surface area contributed by atoms with Gasteiger partial charge in [0.2, 0.25) is 10.0 Å². The minimum atomic E-state index is -3.81. The summed E-state index contributed by atoms with van der Waals surface area (Å²) in [6.45, 7) is 5.09. The zero-order chi connectivity index (χ0) is 23.7. The molecule has 10 heteroatoms. The van der Waals surface area contributed by atoms with E-state index < -0.39 is 27.4 Å². The summed E-state index contributed by atoms with van der Waals surface area (Å²) in [5.74, 6) is -1.65. The van der Waals surface area contributed by atoms with Gasteiger partial charge in [-0.2, -0.15) is 0 Å². The molecule has 0 saturated heterocycles. The Kier molecular flexibility index (Phi) is 6.49. The number of sulfonamides is 1. The number of allylic oxidation sites excluding steroid dienone is 1. The molecule has 8 nitrogen and oxygen atoms in total. The first-order valence-corrected chi connectivity index (χ1v) is 11.3. The van der Waals surface area contributed by atoms with Crippen LogP contribution in [0, 0.1) is 0 Å². The van der Waals surface area contributed by atoms with Crippen LogP contribution < -0.4 is 10.5 Å². The molecular formula is C22H25FN4O4S. The van der Waals surface area contributed by atoms with E-state index in [-0.39, 0.29) is 23.5 Å². The molecule has 1 aromatic heterocycles. The molecule has 4 N–H and O–H groups in total. The number of aromatic nitrogens is 2. The maximum atomic E-state index is 14.0. The molecule has 3 aromatic rings. The highest BCUT2D eigenvalue weighted by atomic mass is 32.2. The molecule has 0 atom stereocenters. The van der Waals surface area contributed by atoms with Gasteiger partial charge in [-0.15, -0.1) is 0 Å². The molecule has 2 aromatic carbocycles. The maximum Gasteiger partial charge on any atom is 0.335 e. The number of nitrogens with two attached hydrogens (primary N) is 1. The minimum Gasteiger partial charge on any atom is -0.478 e. The standard InChI is InChI=1S/C22H25FN4O4S/c1-22(2,3)26-32(30,31)17-6-4-5-14(9-17)18-10-15(21(28)29)11-19-20(18)25-13-27(19)12-16(23)7-8-24/h4-7,9-11,13,26H,8,12,24H2,1-3H3,(H,28,29). The van der Waals surface area contributed by atoms with E-state index in [1.165, 1.54) is 41.2 Å². The summed E-state index contributed by atoms with van der Waals surface area (Å²) in [5, 5.41) is 9.58. The van der Waals surface area contributed by atoms with E-state index in [4.69, 9.17) is 5.73 Å². The Morgan fingerprint density at radius 1 is 1.28 bits per heavy atom. The van der Waals surface area contributed by atoms with Crippen molar-refractivity contribution in [1.29, 1.82) is 0 Å². The van der Waals surface area contributed by atoms with Crippen LogP contribution in [0.15, 0.2) is 59.5 Å². The van der Waals surface area contributed by atoms with E-state index in [9.17, 15) is 22.7 Å². The lowest BCUT2D eigenvalue weighted by molar-refractivity contribution is 0.0697. The molecule has 0 amide bonds. The van der Waals surface area contributed by atoms with Gasteiger partial charge in [0.25, 0.3) is 0 Å². The van der Waals surface area contributed by atoms with Crippen molar-refractivity contribution in [1.82, 2.24) is 14.3 Å². The molecule has 0 bridgehead atoms. The second-order valence-electron chi connectivity index (χ2n) is 8.34. The van der Waals surface area contributed by atoms with Crippen molar-refractivity contribution in [3.63, 3.8) is 0 Å². The van der Waals surface area contributed by atoms with Crippen LogP contribution >= 0.6 is 0 Å². The van der Waals surface area contributed by atoms with E-state index >= 15 is 0 Å². The van der Waals surface area contributed by atoms with Crippen molar-refractivity contribution in [3.8, 4) is 11.1 Å². The van der Waals surface area contributed by atoms with Gasteiger partial charge in [-0.3, -0.25) is 0 Å². The van der Waals surface area contributed by atoms with Crippen LogP contribution in [-0.4, -0.2) is 41.1 Å². The largest absolute Gasteiger partial charge is 0.478 e. The molecule has 0 unspecified atom stereocenters. The number of hydrogen-bond acceptors (Lipinski definition) is 5. The molecule has 170 valence electrons. The Morgan fingerprint density at radius 3 is 2.62 bits per heavy atom. The quantitative estimate of drug-likeness (QED) is 0.496. The van der Waals surface area contributed by atoms with Gasteiger partial charge in [0.05, 0.1) is 34.4 Å². The van der Waals surface area contributed by atoms with Crippen LogP contribution in [0.3, 0.4) is 0 Å². The number of benzene rings is 2. The summed E-state index contributed by atoms with van der Waals surface area (Å²) < 4.78 is 43.7. The lowest BCUT2D eigenvalue weighted by Gasteiger charge is -2.20. The van der Waals surface area contributed by atoms with Crippen LogP contribution in [0.2, 0.25) is 0 Å². The average Bonchev–Trinajstić information content (AvgIpc) is 3.08. The zero-order valence-corrected chi connectivity index (χ0v) is 18.8. The monoisotopic (exact) mass is 460 g/mol. The van der Waals surface area contributed by atoms with E-state index in [0.717, 1.165) is 0 Å². The molecule has 0 spiro atoms. The van der Waals surface area contributed by atoms with E-state index in [1.54, 1.807) is 32.9 Å². The normalized spacial score (nSPS) is 13.0. The number of rotatable bonds is 7. The molecule has 3 rings (SSSR count). The molecule has 0 aliphatic rings. The molecule has 1 heterocycles. The number of imidazole rings is 1. The van der Waals surface area contributed by atoms with Crippen LogP contribution in [0.25, 0.3) is 22.2 Å². The van der Waals surface area contributed by atoms with Gasteiger partial charge in [0, 0.05) is 17.6 Å². The van der Waals surface area contributed by atoms with Crippen molar-refractivity contribution in [2.75, 3.05) is 6.54 Å². The summed E-state index contributed by atoms with van der Waals surface area (Å²) in [5.41, 5.74) is 6.37. The number of nitrogens with one attached hydrogen (secondary N) is 1. The van der Waals surface area contributed by atoms with Crippen molar-refractivity contribution >= 4 is 27.0 Å². The first kappa shape index (κ1) is 23.6. The third-order valence-electron chi connectivity index (χ3n) is 4.53. The lowest BCUT2D eigenvalue weighted by atomic mass is 10.0. The number of halogens is 1. The fourth-order valence-electron chi connectivity index (χ4n) is 3.28. The summed E-state index contributed by atoms with van der Waals surface area (Å²) in [7, 11) is -3.81. The first-order chi connectivity index (χ1) is 14.9. The predicted molar refractivity (Wildman–Crippen MR) is 120 cm³/mol. The molecule has 0 aliphatic carbocycles. The van der Waals surface area contributed by atoms with Crippen molar-refractivity contribution in [2.45, 2.75) is 37.8 Å². The van der Waals surface area contributed by atoms with Gasteiger partial charge in [-0.25, -0.2) is 27.3 Å². The molecule has 0 saturated carbocycles. The number of carboxylic acids is 1. The highest BCUT2D eigenvalue weighted by molar-refractivity contribution is 7.89. The Morgan fingerprint density at radius 2 is 2.00 bits per heavy atom. The average molecular weight is 461 g/mol. The summed E-state index contributed by atoms with van der Waals surface area (Å²) in [4.78, 5) is 16.1. The smallest absolute Gasteiger partial charge is 0.335 e. The number of carboxylic acid groups (broad SMARTS) is 1. The highest BCUT2D eigenvalue weighted by Gasteiger charge is 2.23. The van der Waals surface area contributed by atoms with Crippen LogP contribution in [0.5, 0.6) is 0 Å². The Balaban J connectivity index is 2.18. The topological polar surface area (TPSA) is 127 Å². The van der Waals surface area contributed by atoms with Crippen molar-refractivity contribution < 1.29 is 22.7 Å². The van der Waals surface area contributed by atoms with E-state index in [1.807, 2.05) is 0 Å². The minimum absolute atomic E-state index is 0.0291. The molecular weight excluding hydrogens is 435 g/mol. The van der Waals surface area contributed by atoms with E-state index in [2.05, 4.69) is 9.71 Å². The van der Waals surface area contributed by atoms with Gasteiger partial charge in [0.15, 0.2) is 0 Å². The lowest BCUT2D eigenvalue weighted by Crippen LogP contribution is -2.40. The summed E-state index contributed by atoms with van der Waals surface area (Å²) in [6, 6.07) is 9.00. The van der Waals surface area contributed by atoms with Crippen LogP contribution in [-0.2, 0) is 16.6 Å². The Hall–Kier alpha value is -3.08. The maximum absolute atomic E-state index is 14.0. The number of fused-ring (bicyclic) bond motifs is 1. The Labute approximate surface area is 185 Å². The number of aromatic carboxylic acids is 1. The number of carbonyl (C=O) groups is 1. The predicted octanol–water partition coefficient (Wildman–Crippen LogP) is 3.29. The zero-order valence-electron chi connectivity index (χ0n) is 18.0. The molecule has 0 aliphatic heterocycles. The fourth-order valence-corrected chi connectivity index (χ4v) is 4.74. The van der Waals surface area contributed by atoms with Crippen LogP contribution in [0.4, 0.5) is 4.39 Å². The molecule has 0 fully saturated rings. The molecule has 0 radical (unpaired) electrons. The Bertz CT molecular complexity index is 1310. The summed E-state index contributed by atoms with van der Waals surface area (Å²) >= 11 is 0. The third kappa shape index (κ3) is 5.21. The SMILES string of the molecule is CC(C)(C)NS(=O)(=O)c1cccc(-c2cc(C(=O)O)cc3c2ncn3CC(F)=CCN)c1.